The Morgan fingerprint density at radius 2 is 1.88 bits per heavy atom. The average molecular weight is 470 g/mol. The van der Waals surface area contributed by atoms with Gasteiger partial charge < -0.3 is 19.4 Å². The molecule has 0 unspecified atom stereocenters. The molecule has 0 radical (unpaired) electrons. The van der Waals surface area contributed by atoms with Crippen molar-refractivity contribution in [1.29, 1.82) is 0 Å². The van der Waals surface area contributed by atoms with Gasteiger partial charge in [0.25, 0.3) is 0 Å². The summed E-state index contributed by atoms with van der Waals surface area (Å²) in [5, 5.41) is 8.67. The van der Waals surface area contributed by atoms with Crippen molar-refractivity contribution in [3.8, 4) is 11.3 Å². The molecule has 2 amide bonds. The van der Waals surface area contributed by atoms with Gasteiger partial charge in [-0.1, -0.05) is 6.92 Å². The van der Waals surface area contributed by atoms with E-state index >= 15 is 0 Å². The summed E-state index contributed by atoms with van der Waals surface area (Å²) in [4.78, 5) is 31.1. The van der Waals surface area contributed by atoms with Gasteiger partial charge in [-0.05, 0) is 55.7 Å². The second kappa shape index (κ2) is 11.4. The van der Waals surface area contributed by atoms with Crippen molar-refractivity contribution in [3.63, 3.8) is 0 Å². The summed E-state index contributed by atoms with van der Waals surface area (Å²) in [6.07, 6.45) is 3.14. The highest BCUT2D eigenvalue weighted by Crippen LogP contribution is 2.20. The van der Waals surface area contributed by atoms with Crippen LogP contribution in [0.15, 0.2) is 36.4 Å². The maximum Gasteiger partial charge on any atom is 0.242 e. The SMILES string of the molecule is CCC(=O)N(CC(=O)N1CCCN(c2ccc(-c3ccc(F)cc3)nn2)CC1)C[C@H]1CCCO1. The number of halogens is 1. The first-order valence-electron chi connectivity index (χ1n) is 12.0. The largest absolute Gasteiger partial charge is 0.376 e. The average Bonchev–Trinajstić information content (AvgIpc) is 3.25. The molecule has 2 aliphatic rings. The number of hydrogen-bond donors (Lipinski definition) is 0. The van der Waals surface area contributed by atoms with Gasteiger partial charge in [-0.2, -0.15) is 0 Å². The fourth-order valence-corrected chi connectivity index (χ4v) is 4.44. The number of carbonyl (C=O) groups is 2. The quantitative estimate of drug-likeness (QED) is 0.621. The summed E-state index contributed by atoms with van der Waals surface area (Å²) in [5.41, 5.74) is 1.49. The Kier molecular flexibility index (Phi) is 8.05. The van der Waals surface area contributed by atoms with Gasteiger partial charge in [0, 0.05) is 51.3 Å². The van der Waals surface area contributed by atoms with Crippen molar-refractivity contribution < 1.29 is 18.7 Å². The van der Waals surface area contributed by atoms with Crippen LogP contribution in [-0.4, -0.2) is 83.8 Å². The molecule has 4 rings (SSSR count). The molecule has 0 spiro atoms. The fourth-order valence-electron chi connectivity index (χ4n) is 4.44. The van der Waals surface area contributed by atoms with Crippen molar-refractivity contribution in [1.82, 2.24) is 20.0 Å². The molecule has 1 aromatic heterocycles. The number of anilines is 1. The molecular formula is C25H32FN5O3. The Hall–Kier alpha value is -3.07. The van der Waals surface area contributed by atoms with E-state index in [2.05, 4.69) is 15.1 Å². The smallest absolute Gasteiger partial charge is 0.242 e. The molecule has 0 N–H and O–H groups in total. The molecular weight excluding hydrogens is 437 g/mol. The molecule has 2 aliphatic heterocycles. The number of aromatic nitrogens is 2. The molecule has 8 nitrogen and oxygen atoms in total. The number of benzene rings is 1. The summed E-state index contributed by atoms with van der Waals surface area (Å²) in [6.45, 7) is 5.74. The van der Waals surface area contributed by atoms with Crippen LogP contribution in [0.5, 0.6) is 0 Å². The highest BCUT2D eigenvalue weighted by molar-refractivity contribution is 5.84. The third-order valence-corrected chi connectivity index (χ3v) is 6.39. The molecule has 2 fully saturated rings. The highest BCUT2D eigenvalue weighted by atomic mass is 19.1. The summed E-state index contributed by atoms with van der Waals surface area (Å²) in [7, 11) is 0. The first-order valence-corrected chi connectivity index (χ1v) is 12.0. The Balaban J connectivity index is 1.34. The van der Waals surface area contributed by atoms with Crippen LogP contribution in [0.3, 0.4) is 0 Å². The van der Waals surface area contributed by atoms with Gasteiger partial charge in [0.15, 0.2) is 5.82 Å². The van der Waals surface area contributed by atoms with Crippen molar-refractivity contribution in [2.45, 2.75) is 38.7 Å². The second-order valence-corrected chi connectivity index (χ2v) is 8.77. The molecule has 182 valence electrons. The van der Waals surface area contributed by atoms with Crippen LogP contribution in [0.4, 0.5) is 10.2 Å². The Morgan fingerprint density at radius 1 is 1.06 bits per heavy atom. The lowest BCUT2D eigenvalue weighted by Gasteiger charge is -2.28. The van der Waals surface area contributed by atoms with E-state index in [-0.39, 0.29) is 30.3 Å². The summed E-state index contributed by atoms with van der Waals surface area (Å²) in [5.74, 6) is 0.420. The molecule has 0 saturated carbocycles. The molecule has 0 aliphatic carbocycles. The Morgan fingerprint density at radius 3 is 2.56 bits per heavy atom. The van der Waals surface area contributed by atoms with Crippen LogP contribution in [-0.2, 0) is 14.3 Å². The standard InChI is InChI=1S/C25H32FN5O3/c1-2-24(32)31(17-21-5-3-16-34-21)18-25(33)30-13-4-12-29(14-15-30)23-11-10-22(27-28-23)19-6-8-20(26)9-7-19/h6-11,21H,2-5,12-18H2,1H3/t21-/m1/s1. The maximum absolute atomic E-state index is 13.2. The van der Waals surface area contributed by atoms with E-state index in [0.29, 0.717) is 38.3 Å². The monoisotopic (exact) mass is 469 g/mol. The minimum Gasteiger partial charge on any atom is -0.376 e. The molecule has 0 bridgehead atoms. The number of carbonyl (C=O) groups excluding carboxylic acids is 2. The third-order valence-electron chi connectivity index (χ3n) is 6.39. The van der Waals surface area contributed by atoms with Crippen LogP contribution in [0.25, 0.3) is 11.3 Å². The van der Waals surface area contributed by atoms with Crippen molar-refractivity contribution in [2.24, 2.45) is 0 Å². The number of amides is 2. The van der Waals surface area contributed by atoms with Crippen LogP contribution in [0, 0.1) is 5.82 Å². The lowest BCUT2D eigenvalue weighted by atomic mass is 10.1. The predicted molar refractivity (Wildman–Crippen MR) is 127 cm³/mol. The van der Waals surface area contributed by atoms with E-state index in [4.69, 9.17) is 4.74 Å². The van der Waals surface area contributed by atoms with Crippen LogP contribution < -0.4 is 4.90 Å². The summed E-state index contributed by atoms with van der Waals surface area (Å²) >= 11 is 0. The van der Waals surface area contributed by atoms with Gasteiger partial charge in [0.1, 0.15) is 5.82 Å². The Labute approximate surface area is 199 Å². The molecule has 2 aromatic rings. The van der Waals surface area contributed by atoms with Crippen LogP contribution in [0.1, 0.15) is 32.6 Å². The van der Waals surface area contributed by atoms with Gasteiger partial charge in [0.2, 0.25) is 11.8 Å². The zero-order chi connectivity index (χ0) is 23.9. The molecule has 34 heavy (non-hydrogen) atoms. The summed E-state index contributed by atoms with van der Waals surface area (Å²) < 4.78 is 18.8. The molecule has 9 heteroatoms. The predicted octanol–water partition coefficient (Wildman–Crippen LogP) is 2.74. The van der Waals surface area contributed by atoms with E-state index in [1.54, 1.807) is 17.0 Å². The Bertz CT molecular complexity index is 964. The van der Waals surface area contributed by atoms with Crippen molar-refractivity contribution in [3.05, 3.63) is 42.2 Å². The van der Waals surface area contributed by atoms with Crippen LogP contribution >= 0.6 is 0 Å². The first kappa shape index (κ1) is 24.1. The van der Waals surface area contributed by atoms with E-state index in [9.17, 15) is 14.0 Å². The zero-order valence-corrected chi connectivity index (χ0v) is 19.7. The zero-order valence-electron chi connectivity index (χ0n) is 19.7. The highest BCUT2D eigenvalue weighted by Gasteiger charge is 2.26. The number of rotatable bonds is 7. The third kappa shape index (κ3) is 6.08. The van der Waals surface area contributed by atoms with E-state index in [1.165, 1.54) is 12.1 Å². The fraction of sp³-hybridized carbons (Fsp3) is 0.520. The van der Waals surface area contributed by atoms with Gasteiger partial charge in [-0.3, -0.25) is 9.59 Å². The van der Waals surface area contributed by atoms with E-state index < -0.39 is 0 Å². The first-order chi connectivity index (χ1) is 16.5. The lowest BCUT2D eigenvalue weighted by Crippen LogP contribution is -2.46. The van der Waals surface area contributed by atoms with Crippen molar-refractivity contribution >= 4 is 17.6 Å². The normalized spacial score (nSPS) is 18.6. The second-order valence-electron chi connectivity index (χ2n) is 8.77. The van der Waals surface area contributed by atoms with Gasteiger partial charge >= 0.3 is 0 Å². The number of nitrogens with zero attached hydrogens (tertiary/aromatic N) is 5. The lowest BCUT2D eigenvalue weighted by molar-refractivity contribution is -0.141. The molecule has 2 saturated heterocycles. The van der Waals surface area contributed by atoms with Crippen molar-refractivity contribution in [2.75, 3.05) is 50.8 Å². The number of hydrogen-bond acceptors (Lipinski definition) is 6. The summed E-state index contributed by atoms with van der Waals surface area (Å²) in [6, 6.07) is 9.96. The minimum absolute atomic E-state index is 0.0168. The van der Waals surface area contributed by atoms with Crippen LogP contribution in [0.2, 0.25) is 0 Å². The molecule has 1 aromatic carbocycles. The topological polar surface area (TPSA) is 78.9 Å². The molecule has 1 atom stereocenters. The van der Waals surface area contributed by atoms with Gasteiger partial charge in [-0.25, -0.2) is 4.39 Å². The van der Waals surface area contributed by atoms with E-state index in [1.807, 2.05) is 24.0 Å². The van der Waals surface area contributed by atoms with Gasteiger partial charge in [-0.15, -0.1) is 10.2 Å². The van der Waals surface area contributed by atoms with E-state index in [0.717, 1.165) is 43.8 Å². The molecule has 3 heterocycles. The maximum atomic E-state index is 13.2. The minimum atomic E-state index is -0.286. The number of ether oxygens (including phenoxy) is 1. The van der Waals surface area contributed by atoms with Gasteiger partial charge in [0.05, 0.1) is 18.3 Å².